The fraction of sp³-hybridized carbons (Fsp3) is 0.425. The van der Waals surface area contributed by atoms with E-state index in [1.165, 1.54) is 16.7 Å². The molecule has 2 aliphatic rings. The van der Waals surface area contributed by atoms with E-state index in [-0.39, 0.29) is 17.3 Å². The summed E-state index contributed by atoms with van der Waals surface area (Å²) in [5.41, 5.74) is 6.10. The molecule has 0 saturated heterocycles. The Hall–Kier alpha value is -3.27. The summed E-state index contributed by atoms with van der Waals surface area (Å²) in [7, 11) is 0. The summed E-state index contributed by atoms with van der Waals surface area (Å²) in [4.78, 5) is 11.9. The van der Waals surface area contributed by atoms with Gasteiger partial charge in [0.1, 0.15) is 5.60 Å². The zero-order valence-corrected chi connectivity index (χ0v) is 28.2. The van der Waals surface area contributed by atoms with Crippen LogP contribution >= 0.6 is 0 Å². The lowest BCUT2D eigenvalue weighted by Gasteiger charge is -2.44. The molecule has 3 nitrogen and oxygen atoms in total. The first-order chi connectivity index (χ1) is 20.0. The minimum Gasteiger partial charge on any atom is -0.393 e. The van der Waals surface area contributed by atoms with Gasteiger partial charge in [-0.1, -0.05) is 135 Å². The summed E-state index contributed by atoms with van der Waals surface area (Å²) in [5.74, 6) is 0.0657. The van der Waals surface area contributed by atoms with Crippen LogP contribution in [0.4, 0.5) is 0 Å². The van der Waals surface area contributed by atoms with Crippen LogP contribution < -0.4 is 0 Å². The molecule has 0 saturated carbocycles. The SMILES string of the molecule is CC1=CC(=O)CC(C)(C)C1(O)/C=C/C(C)=C/C=C/C(C)=C/C=C/C=C(C)/C=C/C=C(C)/C=C/C1=C(C)CC(O)CC1(C)C. The van der Waals surface area contributed by atoms with Gasteiger partial charge in [0.15, 0.2) is 5.78 Å². The highest BCUT2D eigenvalue weighted by Crippen LogP contribution is 2.44. The first-order valence-electron chi connectivity index (χ1n) is 15.4. The number of hydrogen-bond acceptors (Lipinski definition) is 3. The van der Waals surface area contributed by atoms with Crippen LogP contribution in [0.3, 0.4) is 0 Å². The molecular formula is C40H54O3. The van der Waals surface area contributed by atoms with Crippen LogP contribution in [0.15, 0.2) is 130 Å². The van der Waals surface area contributed by atoms with Crippen molar-refractivity contribution in [2.75, 3.05) is 0 Å². The second-order valence-corrected chi connectivity index (χ2v) is 13.7. The Kier molecular flexibility index (Phi) is 12.9. The molecule has 0 aromatic carbocycles. The van der Waals surface area contributed by atoms with Gasteiger partial charge in [-0.25, -0.2) is 0 Å². The van der Waals surface area contributed by atoms with E-state index in [0.29, 0.717) is 12.0 Å². The van der Waals surface area contributed by atoms with E-state index in [9.17, 15) is 15.0 Å². The molecule has 2 N–H and O–H groups in total. The van der Waals surface area contributed by atoms with Gasteiger partial charge in [0, 0.05) is 11.8 Å². The topological polar surface area (TPSA) is 57.5 Å². The van der Waals surface area contributed by atoms with Crippen molar-refractivity contribution in [2.45, 2.75) is 100 Å². The Bertz CT molecular complexity index is 1370. The number of ketones is 1. The minimum absolute atomic E-state index is 0.00653. The van der Waals surface area contributed by atoms with Gasteiger partial charge in [-0.15, -0.1) is 0 Å². The van der Waals surface area contributed by atoms with Crippen LogP contribution in [0.25, 0.3) is 0 Å². The molecule has 0 amide bonds. The molecule has 0 spiro atoms. The van der Waals surface area contributed by atoms with Crippen LogP contribution in [0, 0.1) is 10.8 Å². The summed E-state index contributed by atoms with van der Waals surface area (Å²) in [5, 5.41) is 21.4. The van der Waals surface area contributed by atoms with Crippen molar-refractivity contribution in [1.82, 2.24) is 0 Å². The van der Waals surface area contributed by atoms with E-state index in [0.717, 1.165) is 29.6 Å². The first kappa shape index (κ1) is 35.9. The lowest BCUT2D eigenvalue weighted by Crippen LogP contribution is -2.48. The predicted octanol–water partition coefficient (Wildman–Crippen LogP) is 9.73. The van der Waals surface area contributed by atoms with Crippen molar-refractivity contribution in [2.24, 2.45) is 10.8 Å². The third-order valence-electron chi connectivity index (χ3n) is 8.47. The number of hydrogen-bond donors (Lipinski definition) is 2. The normalized spacial score (nSPS) is 26.3. The summed E-state index contributed by atoms with van der Waals surface area (Å²) in [6.07, 6.45) is 31.9. The van der Waals surface area contributed by atoms with Crippen molar-refractivity contribution >= 4 is 5.78 Å². The Morgan fingerprint density at radius 3 is 1.79 bits per heavy atom. The largest absolute Gasteiger partial charge is 0.393 e. The van der Waals surface area contributed by atoms with E-state index in [1.54, 1.807) is 6.08 Å². The number of aliphatic hydroxyl groups is 2. The fourth-order valence-corrected chi connectivity index (χ4v) is 5.85. The zero-order chi connectivity index (χ0) is 32.4. The van der Waals surface area contributed by atoms with E-state index in [4.69, 9.17) is 0 Å². The van der Waals surface area contributed by atoms with E-state index in [1.807, 2.05) is 64.2 Å². The molecule has 0 fully saturated rings. The molecule has 3 heteroatoms. The molecule has 2 rings (SSSR count). The molecule has 43 heavy (non-hydrogen) atoms. The predicted molar refractivity (Wildman–Crippen MR) is 185 cm³/mol. The summed E-state index contributed by atoms with van der Waals surface area (Å²) < 4.78 is 0. The van der Waals surface area contributed by atoms with Gasteiger partial charge in [0.2, 0.25) is 0 Å². The molecule has 0 aliphatic heterocycles. The standard InChI is InChI=1S/C40H54O3/c1-29(17-13-19-31(3)21-22-37-33(5)25-35(41)27-38(37,7)8)15-11-12-16-30(2)18-14-20-32(4)23-24-40(43)34(6)26-36(42)28-39(40,9)10/h11-24,26,35,41,43H,25,27-28H2,1-10H3/b12-11+,17-13+,18-14+,22-21+,24-23+,29-15+,30-16+,31-19+,32-20+. The Balaban J connectivity index is 1.93. The van der Waals surface area contributed by atoms with Gasteiger partial charge in [-0.2, -0.15) is 0 Å². The molecule has 0 aromatic rings. The molecule has 2 aliphatic carbocycles. The monoisotopic (exact) mass is 582 g/mol. The third-order valence-corrected chi connectivity index (χ3v) is 8.47. The molecule has 0 radical (unpaired) electrons. The Morgan fingerprint density at radius 1 is 0.791 bits per heavy atom. The minimum atomic E-state index is -1.14. The first-order valence-corrected chi connectivity index (χ1v) is 15.4. The molecule has 2 atom stereocenters. The lowest BCUT2D eigenvalue weighted by molar-refractivity contribution is -0.121. The van der Waals surface area contributed by atoms with Crippen molar-refractivity contribution < 1.29 is 15.0 Å². The van der Waals surface area contributed by atoms with Crippen LogP contribution in [0.2, 0.25) is 0 Å². The Morgan fingerprint density at radius 2 is 1.28 bits per heavy atom. The molecular weight excluding hydrogens is 528 g/mol. The molecule has 0 heterocycles. The third kappa shape index (κ3) is 10.7. The highest BCUT2D eigenvalue weighted by atomic mass is 16.3. The van der Waals surface area contributed by atoms with Gasteiger partial charge in [0.05, 0.1) is 6.10 Å². The maximum atomic E-state index is 11.9. The molecule has 0 bridgehead atoms. The fourth-order valence-electron chi connectivity index (χ4n) is 5.85. The smallest absolute Gasteiger partial charge is 0.156 e. The number of carbonyl (C=O) groups excluding carboxylic acids is 1. The van der Waals surface area contributed by atoms with Gasteiger partial charge in [-0.05, 0) is 83.1 Å². The van der Waals surface area contributed by atoms with Crippen molar-refractivity contribution in [1.29, 1.82) is 0 Å². The number of aliphatic hydroxyl groups excluding tert-OH is 1. The van der Waals surface area contributed by atoms with Crippen LogP contribution in [-0.4, -0.2) is 27.7 Å². The summed E-state index contributed by atoms with van der Waals surface area (Å²) in [6.45, 7) is 20.5. The average molecular weight is 583 g/mol. The van der Waals surface area contributed by atoms with Crippen LogP contribution in [-0.2, 0) is 4.79 Å². The van der Waals surface area contributed by atoms with Gasteiger partial charge in [-0.3, -0.25) is 4.79 Å². The number of carbonyl (C=O) groups is 1. The number of allylic oxidation sites excluding steroid dienone is 19. The lowest BCUT2D eigenvalue weighted by atomic mass is 9.64. The molecule has 0 aromatic heterocycles. The van der Waals surface area contributed by atoms with Crippen molar-refractivity contribution in [3.8, 4) is 0 Å². The molecule has 232 valence electrons. The highest BCUT2D eigenvalue weighted by Gasteiger charge is 2.46. The zero-order valence-electron chi connectivity index (χ0n) is 28.2. The average Bonchev–Trinajstić information content (AvgIpc) is 2.87. The molecule has 2 unspecified atom stereocenters. The van der Waals surface area contributed by atoms with E-state index < -0.39 is 11.0 Å². The van der Waals surface area contributed by atoms with E-state index >= 15 is 0 Å². The maximum Gasteiger partial charge on any atom is 0.156 e. The number of rotatable bonds is 10. The van der Waals surface area contributed by atoms with Crippen LogP contribution in [0.5, 0.6) is 0 Å². The van der Waals surface area contributed by atoms with E-state index in [2.05, 4.69) is 90.2 Å². The Labute approximate surface area is 261 Å². The second kappa shape index (κ2) is 15.5. The quantitative estimate of drug-likeness (QED) is 0.252. The van der Waals surface area contributed by atoms with Crippen molar-refractivity contribution in [3.63, 3.8) is 0 Å². The summed E-state index contributed by atoms with van der Waals surface area (Å²) >= 11 is 0. The highest BCUT2D eigenvalue weighted by molar-refractivity contribution is 5.92. The van der Waals surface area contributed by atoms with Crippen molar-refractivity contribution in [3.05, 3.63) is 130 Å². The summed E-state index contributed by atoms with van der Waals surface area (Å²) in [6, 6.07) is 0. The van der Waals surface area contributed by atoms with Gasteiger partial charge in [0.25, 0.3) is 0 Å². The van der Waals surface area contributed by atoms with Crippen LogP contribution in [0.1, 0.15) is 88.5 Å². The van der Waals surface area contributed by atoms with Gasteiger partial charge >= 0.3 is 0 Å². The maximum absolute atomic E-state index is 11.9. The van der Waals surface area contributed by atoms with Gasteiger partial charge < -0.3 is 10.2 Å². The second-order valence-electron chi connectivity index (χ2n) is 13.7.